The highest BCUT2D eigenvalue weighted by Gasteiger charge is 2.28. The number of rotatable bonds is 5. The first-order valence-corrected chi connectivity index (χ1v) is 5.36. The normalized spacial score (nSPS) is 11.1. The Hall–Kier alpha value is -2.11. The highest BCUT2D eigenvalue weighted by molar-refractivity contribution is 5.73. The molecular formula is C12H15NO5. The molecule has 1 rings (SSSR count). The van der Waals surface area contributed by atoms with E-state index in [1.807, 2.05) is 0 Å². The van der Waals surface area contributed by atoms with Crippen LogP contribution in [0.4, 0.5) is 5.69 Å². The van der Waals surface area contributed by atoms with Crippen molar-refractivity contribution in [2.75, 3.05) is 6.61 Å². The van der Waals surface area contributed by atoms with Crippen molar-refractivity contribution in [3.63, 3.8) is 0 Å². The van der Waals surface area contributed by atoms with E-state index in [-0.39, 0.29) is 12.3 Å². The number of carbonyl (C=O) groups is 1. The minimum absolute atomic E-state index is 0.0411. The van der Waals surface area contributed by atoms with Gasteiger partial charge in [0.15, 0.2) is 0 Å². The lowest BCUT2D eigenvalue weighted by atomic mass is 9.95. The van der Waals surface area contributed by atoms with Gasteiger partial charge in [0.05, 0.1) is 15.9 Å². The SMILES string of the molecule is Cc1c(OCC(C)(C)C(=O)O)cccc1[N+](=O)[O-]. The number of nitrogens with zero attached hydrogens (tertiary/aromatic N) is 1. The zero-order chi connectivity index (χ0) is 13.9. The van der Waals surface area contributed by atoms with Crippen LogP contribution in [0.1, 0.15) is 19.4 Å². The van der Waals surface area contributed by atoms with Crippen LogP contribution in [-0.2, 0) is 4.79 Å². The van der Waals surface area contributed by atoms with E-state index in [9.17, 15) is 14.9 Å². The maximum atomic E-state index is 10.9. The molecule has 0 saturated carbocycles. The number of carboxylic acids is 1. The van der Waals surface area contributed by atoms with E-state index in [1.165, 1.54) is 26.0 Å². The van der Waals surface area contributed by atoms with Crippen molar-refractivity contribution in [2.45, 2.75) is 20.8 Å². The second kappa shape index (κ2) is 5.03. The summed E-state index contributed by atoms with van der Waals surface area (Å²) in [5.74, 6) is -0.649. The summed E-state index contributed by atoms with van der Waals surface area (Å²) in [5.41, 5.74) is -0.693. The van der Waals surface area contributed by atoms with Gasteiger partial charge < -0.3 is 9.84 Å². The number of ether oxygens (including phenoxy) is 1. The van der Waals surface area contributed by atoms with Crippen LogP contribution in [0.15, 0.2) is 18.2 Å². The molecule has 0 bridgehead atoms. The molecule has 1 N–H and O–H groups in total. The molecule has 0 aromatic heterocycles. The first-order chi connectivity index (χ1) is 8.25. The Morgan fingerprint density at radius 1 is 1.50 bits per heavy atom. The maximum absolute atomic E-state index is 10.9. The molecule has 0 heterocycles. The van der Waals surface area contributed by atoms with Gasteiger partial charge in [-0.3, -0.25) is 14.9 Å². The van der Waals surface area contributed by atoms with E-state index in [1.54, 1.807) is 13.0 Å². The van der Waals surface area contributed by atoms with Gasteiger partial charge >= 0.3 is 5.97 Å². The van der Waals surface area contributed by atoms with Crippen LogP contribution in [0, 0.1) is 22.5 Å². The Morgan fingerprint density at radius 3 is 2.61 bits per heavy atom. The molecule has 0 amide bonds. The number of benzene rings is 1. The Labute approximate surface area is 104 Å². The second-order valence-electron chi connectivity index (χ2n) is 4.64. The van der Waals surface area contributed by atoms with Crippen LogP contribution in [0.5, 0.6) is 5.75 Å². The van der Waals surface area contributed by atoms with Crippen LogP contribution in [0.3, 0.4) is 0 Å². The highest BCUT2D eigenvalue weighted by atomic mass is 16.6. The minimum atomic E-state index is -1.04. The van der Waals surface area contributed by atoms with Crippen LogP contribution >= 0.6 is 0 Å². The molecule has 0 fully saturated rings. The van der Waals surface area contributed by atoms with Crippen LogP contribution < -0.4 is 4.74 Å². The standard InChI is InChI=1S/C12H15NO5/c1-8-9(13(16)17)5-4-6-10(8)18-7-12(2,3)11(14)15/h4-6H,7H2,1-3H3,(H,14,15). The van der Waals surface area contributed by atoms with Gasteiger partial charge in [0.1, 0.15) is 12.4 Å². The summed E-state index contributed by atoms with van der Waals surface area (Å²) in [4.78, 5) is 21.2. The van der Waals surface area contributed by atoms with Crippen LogP contribution in [0.25, 0.3) is 0 Å². The number of nitro benzene ring substituents is 1. The lowest BCUT2D eigenvalue weighted by Gasteiger charge is -2.20. The molecule has 1 aromatic carbocycles. The van der Waals surface area contributed by atoms with Gasteiger partial charge in [-0.05, 0) is 26.8 Å². The van der Waals surface area contributed by atoms with E-state index in [0.717, 1.165) is 0 Å². The molecule has 0 radical (unpaired) electrons. The van der Waals surface area contributed by atoms with E-state index in [0.29, 0.717) is 11.3 Å². The first-order valence-electron chi connectivity index (χ1n) is 5.36. The van der Waals surface area contributed by atoms with Gasteiger partial charge in [-0.25, -0.2) is 0 Å². The van der Waals surface area contributed by atoms with Crippen molar-refractivity contribution in [1.82, 2.24) is 0 Å². The van der Waals surface area contributed by atoms with E-state index in [2.05, 4.69) is 0 Å². The Kier molecular flexibility index (Phi) is 3.90. The first kappa shape index (κ1) is 14.0. The van der Waals surface area contributed by atoms with Crippen molar-refractivity contribution >= 4 is 11.7 Å². The van der Waals surface area contributed by atoms with Crippen LogP contribution in [-0.4, -0.2) is 22.6 Å². The highest BCUT2D eigenvalue weighted by Crippen LogP contribution is 2.28. The van der Waals surface area contributed by atoms with Crippen molar-refractivity contribution in [1.29, 1.82) is 0 Å². The molecule has 0 spiro atoms. The third kappa shape index (κ3) is 2.97. The average Bonchev–Trinajstić information content (AvgIpc) is 2.27. The van der Waals surface area contributed by atoms with E-state index < -0.39 is 16.3 Å². The van der Waals surface area contributed by atoms with Gasteiger partial charge in [-0.2, -0.15) is 0 Å². The number of hydrogen-bond acceptors (Lipinski definition) is 4. The summed E-state index contributed by atoms with van der Waals surface area (Å²) in [5, 5.41) is 19.7. The zero-order valence-corrected chi connectivity index (χ0v) is 10.5. The monoisotopic (exact) mass is 253 g/mol. The Bertz CT molecular complexity index is 481. The number of carboxylic acid groups (broad SMARTS) is 1. The minimum Gasteiger partial charge on any atom is -0.492 e. The van der Waals surface area contributed by atoms with Crippen molar-refractivity contribution in [3.8, 4) is 5.75 Å². The molecule has 0 aliphatic heterocycles. The summed E-state index contributed by atoms with van der Waals surface area (Å²) >= 11 is 0. The third-order valence-corrected chi connectivity index (χ3v) is 2.62. The number of aliphatic carboxylic acids is 1. The molecule has 18 heavy (non-hydrogen) atoms. The second-order valence-corrected chi connectivity index (χ2v) is 4.64. The van der Waals surface area contributed by atoms with Gasteiger partial charge in [-0.15, -0.1) is 0 Å². The lowest BCUT2D eigenvalue weighted by molar-refractivity contribution is -0.385. The Morgan fingerprint density at radius 2 is 2.11 bits per heavy atom. The van der Waals surface area contributed by atoms with Gasteiger partial charge in [0.25, 0.3) is 5.69 Å². The molecule has 1 aromatic rings. The molecule has 0 aliphatic rings. The van der Waals surface area contributed by atoms with Crippen molar-refractivity contribution < 1.29 is 19.6 Å². The van der Waals surface area contributed by atoms with E-state index >= 15 is 0 Å². The quantitative estimate of drug-likeness (QED) is 0.642. The average molecular weight is 253 g/mol. The van der Waals surface area contributed by atoms with Crippen LogP contribution in [0.2, 0.25) is 0 Å². The lowest BCUT2D eigenvalue weighted by Crippen LogP contribution is -2.30. The molecule has 98 valence electrons. The van der Waals surface area contributed by atoms with Crippen molar-refractivity contribution in [2.24, 2.45) is 5.41 Å². The van der Waals surface area contributed by atoms with Gasteiger partial charge in [-0.1, -0.05) is 6.07 Å². The molecule has 0 unspecified atom stereocenters. The molecular weight excluding hydrogens is 238 g/mol. The molecule has 0 atom stereocenters. The van der Waals surface area contributed by atoms with E-state index in [4.69, 9.17) is 9.84 Å². The molecule has 0 saturated heterocycles. The third-order valence-electron chi connectivity index (χ3n) is 2.62. The summed E-state index contributed by atoms with van der Waals surface area (Å²) in [6.45, 7) is 4.58. The van der Waals surface area contributed by atoms with Gasteiger partial charge in [0, 0.05) is 6.07 Å². The number of nitro groups is 1. The maximum Gasteiger partial charge on any atom is 0.312 e. The predicted molar refractivity (Wildman–Crippen MR) is 64.7 cm³/mol. The zero-order valence-electron chi connectivity index (χ0n) is 10.5. The predicted octanol–water partition coefficient (Wildman–Crippen LogP) is 2.39. The smallest absolute Gasteiger partial charge is 0.312 e. The number of hydrogen-bond donors (Lipinski definition) is 1. The largest absolute Gasteiger partial charge is 0.492 e. The fourth-order valence-electron chi connectivity index (χ4n) is 1.28. The fraction of sp³-hybridized carbons (Fsp3) is 0.417. The summed E-state index contributed by atoms with van der Waals surface area (Å²) in [6.07, 6.45) is 0. The summed E-state index contributed by atoms with van der Waals surface area (Å²) in [7, 11) is 0. The molecule has 6 heteroatoms. The van der Waals surface area contributed by atoms with Crippen molar-refractivity contribution in [3.05, 3.63) is 33.9 Å². The Balaban J connectivity index is 2.90. The molecule has 0 aliphatic carbocycles. The summed E-state index contributed by atoms with van der Waals surface area (Å²) in [6, 6.07) is 4.47. The topological polar surface area (TPSA) is 89.7 Å². The fourth-order valence-corrected chi connectivity index (χ4v) is 1.28. The summed E-state index contributed by atoms with van der Waals surface area (Å²) < 4.78 is 5.37. The van der Waals surface area contributed by atoms with Gasteiger partial charge in [0.2, 0.25) is 0 Å². The molecule has 6 nitrogen and oxygen atoms in total.